The minimum Gasteiger partial charge on any atom is -0.398 e. The maximum absolute atomic E-state index is 14.1. The van der Waals surface area contributed by atoms with Gasteiger partial charge in [-0.15, -0.1) is 23.2 Å². The standard InChI is InChI=1S/C24H14Cl6F2N2O2/c25-14-2-1-11(7-12(14)19(35)8-13-17(32)5-10(31)6-18(13)33)34-23(36)21-20(24(21,29)30)9-3-15(26)22(28)16(27)4-9/h1-7,20-21H,8,33H2,(H,34,36)/t20-,21+/m0/s1. The number of carbonyl (C=O) groups is 2. The summed E-state index contributed by atoms with van der Waals surface area (Å²) in [6.45, 7) is 0. The lowest BCUT2D eigenvalue weighted by Gasteiger charge is -2.11. The molecule has 36 heavy (non-hydrogen) atoms. The van der Waals surface area contributed by atoms with Crippen molar-refractivity contribution in [3.63, 3.8) is 0 Å². The van der Waals surface area contributed by atoms with Crippen molar-refractivity contribution < 1.29 is 18.4 Å². The number of Topliss-reactive ketones (excluding diaryl/α,β-unsaturated/α-hetero) is 1. The van der Waals surface area contributed by atoms with Gasteiger partial charge in [-0.2, -0.15) is 0 Å². The van der Waals surface area contributed by atoms with Gasteiger partial charge in [0.1, 0.15) is 16.0 Å². The predicted molar refractivity (Wildman–Crippen MR) is 141 cm³/mol. The molecule has 4 rings (SSSR count). The topological polar surface area (TPSA) is 72.2 Å². The Morgan fingerprint density at radius 1 is 0.944 bits per heavy atom. The van der Waals surface area contributed by atoms with Gasteiger partial charge >= 0.3 is 0 Å². The van der Waals surface area contributed by atoms with Crippen LogP contribution in [0.1, 0.15) is 27.4 Å². The lowest BCUT2D eigenvalue weighted by atomic mass is 10.0. The minimum atomic E-state index is -1.44. The summed E-state index contributed by atoms with van der Waals surface area (Å²) in [4.78, 5) is 25.8. The summed E-state index contributed by atoms with van der Waals surface area (Å²) >= 11 is 37.1. The molecule has 0 bridgehead atoms. The largest absolute Gasteiger partial charge is 0.398 e. The van der Waals surface area contributed by atoms with Crippen molar-refractivity contribution in [1.29, 1.82) is 0 Å². The van der Waals surface area contributed by atoms with Crippen LogP contribution in [0.4, 0.5) is 20.2 Å². The number of anilines is 2. The van der Waals surface area contributed by atoms with Gasteiger partial charge in [-0.25, -0.2) is 8.78 Å². The van der Waals surface area contributed by atoms with Crippen molar-refractivity contribution in [1.82, 2.24) is 0 Å². The molecule has 0 aromatic heterocycles. The Kier molecular flexibility index (Phi) is 7.69. The van der Waals surface area contributed by atoms with Gasteiger partial charge in [-0.1, -0.05) is 46.4 Å². The Labute approximate surface area is 234 Å². The fraction of sp³-hybridized carbons (Fsp3) is 0.167. The number of nitrogens with one attached hydrogen (secondary N) is 1. The summed E-state index contributed by atoms with van der Waals surface area (Å²) < 4.78 is 26.0. The minimum absolute atomic E-state index is 0.00390. The molecule has 188 valence electrons. The van der Waals surface area contributed by atoms with E-state index in [1.807, 2.05) is 0 Å². The Hall–Kier alpha value is -1.80. The fourth-order valence-electron chi connectivity index (χ4n) is 3.92. The van der Waals surface area contributed by atoms with Crippen LogP contribution in [0.2, 0.25) is 20.1 Å². The first-order chi connectivity index (χ1) is 16.8. The van der Waals surface area contributed by atoms with E-state index in [0.717, 1.165) is 6.07 Å². The number of alkyl halides is 2. The molecule has 0 spiro atoms. The Morgan fingerprint density at radius 2 is 1.58 bits per heavy atom. The van der Waals surface area contributed by atoms with Crippen LogP contribution < -0.4 is 11.1 Å². The molecular formula is C24H14Cl6F2N2O2. The van der Waals surface area contributed by atoms with Crippen LogP contribution in [0.5, 0.6) is 0 Å². The van der Waals surface area contributed by atoms with E-state index in [1.54, 1.807) is 0 Å². The number of nitrogens with two attached hydrogens (primary N) is 1. The van der Waals surface area contributed by atoms with Crippen molar-refractivity contribution in [3.05, 3.63) is 90.9 Å². The van der Waals surface area contributed by atoms with E-state index in [1.165, 1.54) is 30.3 Å². The predicted octanol–water partition coefficient (Wildman–Crippen LogP) is 8.11. The lowest BCUT2D eigenvalue weighted by molar-refractivity contribution is -0.117. The zero-order valence-corrected chi connectivity index (χ0v) is 22.4. The third kappa shape index (κ3) is 5.26. The SMILES string of the molecule is Nc1cc(F)cc(F)c1CC(=O)c1cc(NC(=O)[C@H]2[C@H](c3cc(Cl)c(Cl)c(Cl)c3)C2(Cl)Cl)ccc1Cl. The lowest BCUT2D eigenvalue weighted by Crippen LogP contribution is -2.17. The quantitative estimate of drug-likeness (QED) is 0.128. The summed E-state index contributed by atoms with van der Waals surface area (Å²) in [6, 6.07) is 8.82. The highest BCUT2D eigenvalue weighted by molar-refractivity contribution is 6.54. The summed E-state index contributed by atoms with van der Waals surface area (Å²) in [5.74, 6) is -4.42. The Balaban J connectivity index is 1.54. The average molecular weight is 613 g/mol. The van der Waals surface area contributed by atoms with Crippen LogP contribution in [0.15, 0.2) is 42.5 Å². The van der Waals surface area contributed by atoms with Crippen LogP contribution >= 0.6 is 69.6 Å². The number of ketones is 1. The number of hydrogen-bond donors (Lipinski definition) is 2. The third-order valence-corrected chi connectivity index (χ3v) is 8.23. The normalized spacial score (nSPS) is 18.1. The van der Waals surface area contributed by atoms with Gasteiger partial charge in [-0.3, -0.25) is 9.59 Å². The second-order valence-electron chi connectivity index (χ2n) is 8.17. The van der Waals surface area contributed by atoms with Gasteiger partial charge in [-0.05, 0) is 42.0 Å². The van der Waals surface area contributed by atoms with Gasteiger partial charge in [0.25, 0.3) is 0 Å². The maximum atomic E-state index is 14.1. The molecule has 1 fully saturated rings. The van der Waals surface area contributed by atoms with Crippen LogP contribution in [0.25, 0.3) is 0 Å². The second-order valence-corrected chi connectivity index (χ2v) is 11.2. The second kappa shape index (κ2) is 10.2. The zero-order chi connectivity index (χ0) is 26.5. The molecule has 0 heterocycles. The summed E-state index contributed by atoms with van der Waals surface area (Å²) in [7, 11) is 0. The van der Waals surface area contributed by atoms with Crippen molar-refractivity contribution in [2.45, 2.75) is 16.7 Å². The molecule has 1 aliphatic rings. The third-order valence-electron chi connectivity index (χ3n) is 5.77. The van der Waals surface area contributed by atoms with Crippen LogP contribution in [-0.4, -0.2) is 16.0 Å². The van der Waals surface area contributed by atoms with Crippen LogP contribution in [0, 0.1) is 17.6 Å². The molecular weight excluding hydrogens is 599 g/mol. The Bertz CT molecular complexity index is 1370. The number of halogens is 8. The van der Waals surface area contributed by atoms with E-state index in [0.29, 0.717) is 11.6 Å². The van der Waals surface area contributed by atoms with Crippen molar-refractivity contribution in [3.8, 4) is 0 Å². The van der Waals surface area contributed by atoms with Crippen LogP contribution in [-0.2, 0) is 11.2 Å². The molecule has 12 heteroatoms. The smallest absolute Gasteiger partial charge is 0.231 e. The van der Waals surface area contributed by atoms with Gasteiger partial charge in [0.2, 0.25) is 5.91 Å². The molecule has 3 aromatic carbocycles. The van der Waals surface area contributed by atoms with Crippen LogP contribution in [0.3, 0.4) is 0 Å². The molecule has 3 N–H and O–H groups in total. The van der Waals surface area contributed by atoms with Crippen molar-refractivity contribution in [2.75, 3.05) is 11.1 Å². The first-order valence-electron chi connectivity index (χ1n) is 10.2. The van der Waals surface area contributed by atoms with Crippen molar-refractivity contribution in [2.24, 2.45) is 5.92 Å². The maximum Gasteiger partial charge on any atom is 0.231 e. The number of amides is 1. The van der Waals surface area contributed by atoms with E-state index >= 15 is 0 Å². The van der Waals surface area contributed by atoms with E-state index in [4.69, 9.17) is 75.3 Å². The van der Waals surface area contributed by atoms with Crippen molar-refractivity contribution >= 4 is 92.7 Å². The first kappa shape index (κ1) is 27.2. The molecule has 1 aliphatic carbocycles. The molecule has 4 nitrogen and oxygen atoms in total. The fourth-order valence-corrected chi connectivity index (χ4v) is 5.59. The molecule has 2 atom stereocenters. The average Bonchev–Trinajstić information content (AvgIpc) is 3.37. The highest BCUT2D eigenvalue weighted by Gasteiger charge is 2.67. The number of benzene rings is 3. The molecule has 1 saturated carbocycles. The highest BCUT2D eigenvalue weighted by atomic mass is 35.5. The zero-order valence-electron chi connectivity index (χ0n) is 17.8. The molecule has 0 unspecified atom stereocenters. The molecule has 0 aliphatic heterocycles. The highest BCUT2D eigenvalue weighted by Crippen LogP contribution is 2.65. The summed E-state index contributed by atoms with van der Waals surface area (Å²) in [6.07, 6.45) is -0.468. The monoisotopic (exact) mass is 610 g/mol. The van der Waals surface area contributed by atoms with Gasteiger partial charge in [0.15, 0.2) is 5.78 Å². The first-order valence-corrected chi connectivity index (χ1v) is 12.5. The number of rotatable bonds is 6. The van der Waals surface area contributed by atoms with E-state index < -0.39 is 45.9 Å². The summed E-state index contributed by atoms with van der Waals surface area (Å²) in [5, 5.41) is 3.27. The molecule has 1 amide bonds. The Morgan fingerprint density at radius 3 is 2.19 bits per heavy atom. The number of hydrogen-bond acceptors (Lipinski definition) is 3. The number of nitrogen functional groups attached to an aromatic ring is 1. The van der Waals surface area contributed by atoms with Gasteiger partial charge in [0, 0.05) is 40.9 Å². The van der Waals surface area contributed by atoms with E-state index in [-0.39, 0.29) is 42.6 Å². The van der Waals surface area contributed by atoms with Gasteiger partial charge in [0.05, 0.1) is 26.0 Å². The molecule has 0 radical (unpaired) electrons. The molecule has 0 saturated heterocycles. The number of carbonyl (C=O) groups excluding carboxylic acids is 2. The molecule has 3 aromatic rings. The summed E-state index contributed by atoms with van der Waals surface area (Å²) in [5.41, 5.74) is 6.06. The van der Waals surface area contributed by atoms with E-state index in [9.17, 15) is 18.4 Å². The van der Waals surface area contributed by atoms with E-state index in [2.05, 4.69) is 5.32 Å². The van der Waals surface area contributed by atoms with Gasteiger partial charge < -0.3 is 11.1 Å².